The zero-order chi connectivity index (χ0) is 19.1. The molecular formula is C21H26N2O4. The Morgan fingerprint density at radius 2 is 2.15 bits per heavy atom. The molecule has 0 saturated heterocycles. The highest BCUT2D eigenvalue weighted by molar-refractivity contribution is 5.72. The van der Waals surface area contributed by atoms with Gasteiger partial charge >= 0.3 is 11.7 Å². The van der Waals surface area contributed by atoms with Crippen molar-refractivity contribution in [1.29, 1.82) is 0 Å². The normalized spacial score (nSPS) is 18.0. The van der Waals surface area contributed by atoms with E-state index in [1.165, 1.54) is 0 Å². The first kappa shape index (κ1) is 19.1. The van der Waals surface area contributed by atoms with Crippen molar-refractivity contribution in [2.45, 2.75) is 58.1 Å². The Kier molecular flexibility index (Phi) is 6.63. The lowest BCUT2D eigenvalue weighted by molar-refractivity contribution is -0.149. The summed E-state index contributed by atoms with van der Waals surface area (Å²) in [6.45, 7) is 2.17. The monoisotopic (exact) mass is 370 g/mol. The summed E-state index contributed by atoms with van der Waals surface area (Å²) in [5.41, 5.74) is 0.983. The molecule has 144 valence electrons. The van der Waals surface area contributed by atoms with Gasteiger partial charge in [0.2, 0.25) is 0 Å². The molecule has 0 amide bonds. The second-order valence-corrected chi connectivity index (χ2v) is 7.07. The predicted molar refractivity (Wildman–Crippen MR) is 101 cm³/mol. The number of carbonyl (C=O) groups excluding carboxylic acids is 1. The van der Waals surface area contributed by atoms with Gasteiger partial charge in [-0.15, -0.1) is 0 Å². The molecular weight excluding hydrogens is 344 g/mol. The predicted octanol–water partition coefficient (Wildman–Crippen LogP) is 3.82. The number of aromatic nitrogens is 2. The fourth-order valence-corrected chi connectivity index (χ4v) is 3.35. The molecule has 0 aliphatic carbocycles. The number of carbonyl (C=O) groups is 1. The van der Waals surface area contributed by atoms with Crippen LogP contribution in [0.15, 0.2) is 51.8 Å². The zero-order valence-electron chi connectivity index (χ0n) is 15.7. The van der Waals surface area contributed by atoms with Gasteiger partial charge in [0.05, 0.1) is 5.92 Å². The molecule has 6 heteroatoms. The minimum atomic E-state index is -0.372. The van der Waals surface area contributed by atoms with Crippen LogP contribution in [0.4, 0.5) is 0 Å². The number of nitrogens with zero attached hydrogens (tertiary/aromatic N) is 2. The van der Waals surface area contributed by atoms with Crippen LogP contribution in [-0.2, 0) is 22.6 Å². The summed E-state index contributed by atoms with van der Waals surface area (Å²) in [5.74, 6) is -0.0274. The van der Waals surface area contributed by atoms with Crippen LogP contribution in [0.2, 0.25) is 0 Å². The molecule has 0 unspecified atom stereocenters. The van der Waals surface area contributed by atoms with E-state index in [-0.39, 0.29) is 23.7 Å². The van der Waals surface area contributed by atoms with Crippen LogP contribution in [0.3, 0.4) is 0 Å². The van der Waals surface area contributed by atoms with Gasteiger partial charge in [-0.05, 0) is 31.2 Å². The average Bonchev–Trinajstić information content (AvgIpc) is 2.93. The Morgan fingerprint density at radius 3 is 2.96 bits per heavy atom. The van der Waals surface area contributed by atoms with Crippen LogP contribution in [0.1, 0.15) is 56.5 Å². The van der Waals surface area contributed by atoms with Gasteiger partial charge in [-0.3, -0.25) is 13.9 Å². The number of ether oxygens (including phenoxy) is 1. The largest absolute Gasteiger partial charge is 0.461 e. The first-order valence-corrected chi connectivity index (χ1v) is 9.58. The van der Waals surface area contributed by atoms with E-state index >= 15 is 0 Å². The summed E-state index contributed by atoms with van der Waals surface area (Å²) in [6.07, 6.45) is 9.22. The van der Waals surface area contributed by atoms with Gasteiger partial charge in [0.1, 0.15) is 6.61 Å². The molecule has 0 saturated carbocycles. The molecule has 2 atom stereocenters. The molecule has 0 N–H and O–H groups in total. The van der Waals surface area contributed by atoms with Gasteiger partial charge in [0.15, 0.2) is 5.82 Å². The fourth-order valence-electron chi connectivity index (χ4n) is 3.35. The third-order valence-electron chi connectivity index (χ3n) is 4.95. The fraction of sp³-hybridized carbons (Fsp3) is 0.476. The molecule has 6 nitrogen and oxygen atoms in total. The smallest absolute Gasteiger partial charge is 0.441 e. The van der Waals surface area contributed by atoms with Crippen molar-refractivity contribution in [3.05, 3.63) is 64.4 Å². The lowest BCUT2D eigenvalue weighted by Crippen LogP contribution is -2.21. The standard InChI is InChI=1S/C21H26N2O4/c1-16(20(24)26-15-17-10-3-2-4-11-17)9-5-6-12-18-13-7-8-14-19-22-27-21(25)23(18)19/h2-6,10-11,16,18H,7-9,12-15H2,1H3/b6-5-/t16-,18+/m1/s1. The topological polar surface area (TPSA) is 74.3 Å². The van der Waals surface area contributed by atoms with Gasteiger partial charge < -0.3 is 4.74 Å². The van der Waals surface area contributed by atoms with E-state index in [4.69, 9.17) is 9.26 Å². The summed E-state index contributed by atoms with van der Waals surface area (Å²) in [6, 6.07) is 9.74. The highest BCUT2D eigenvalue weighted by atomic mass is 16.5. The van der Waals surface area contributed by atoms with Crippen LogP contribution in [0.25, 0.3) is 0 Å². The molecule has 1 aliphatic rings. The van der Waals surface area contributed by atoms with E-state index < -0.39 is 0 Å². The van der Waals surface area contributed by atoms with Gasteiger partial charge in [-0.1, -0.05) is 61.0 Å². The SMILES string of the molecule is C[C@H](C/C=C\C[C@H]1CCCCc2noc(=O)n21)C(=O)OCc1ccccc1. The van der Waals surface area contributed by atoms with Crippen LogP contribution >= 0.6 is 0 Å². The summed E-state index contributed by atoms with van der Waals surface area (Å²) < 4.78 is 11.9. The maximum Gasteiger partial charge on any atom is 0.441 e. The number of benzene rings is 1. The van der Waals surface area contributed by atoms with Gasteiger partial charge in [-0.2, -0.15) is 0 Å². The second kappa shape index (κ2) is 9.35. The first-order valence-electron chi connectivity index (χ1n) is 9.58. The minimum absolute atomic E-state index is 0.0813. The van der Waals surface area contributed by atoms with Gasteiger partial charge in [0.25, 0.3) is 0 Å². The molecule has 0 spiro atoms. The number of aryl methyl sites for hydroxylation is 1. The van der Waals surface area contributed by atoms with E-state index in [2.05, 4.69) is 5.16 Å². The lowest BCUT2D eigenvalue weighted by atomic mass is 10.0. The maximum atomic E-state index is 12.1. The number of hydrogen-bond donors (Lipinski definition) is 0. The van der Waals surface area contributed by atoms with Crippen LogP contribution in [-0.4, -0.2) is 15.7 Å². The van der Waals surface area contributed by atoms with Crippen molar-refractivity contribution in [3.8, 4) is 0 Å². The number of rotatable bonds is 7. The van der Waals surface area contributed by atoms with E-state index in [1.807, 2.05) is 49.4 Å². The number of hydrogen-bond acceptors (Lipinski definition) is 5. The van der Waals surface area contributed by atoms with Crippen LogP contribution < -0.4 is 5.76 Å². The van der Waals surface area contributed by atoms with Crippen molar-refractivity contribution in [2.75, 3.05) is 0 Å². The van der Waals surface area contributed by atoms with Crippen molar-refractivity contribution in [1.82, 2.24) is 9.72 Å². The number of esters is 1. The van der Waals surface area contributed by atoms with Gasteiger partial charge in [-0.25, -0.2) is 4.79 Å². The summed E-state index contributed by atoms with van der Waals surface area (Å²) >= 11 is 0. The summed E-state index contributed by atoms with van der Waals surface area (Å²) in [4.78, 5) is 24.0. The van der Waals surface area contributed by atoms with Crippen LogP contribution in [0.5, 0.6) is 0 Å². The third-order valence-corrected chi connectivity index (χ3v) is 4.95. The van der Waals surface area contributed by atoms with Crippen molar-refractivity contribution in [2.24, 2.45) is 5.92 Å². The number of fused-ring (bicyclic) bond motifs is 1. The summed E-state index contributed by atoms with van der Waals surface area (Å²) in [5, 5.41) is 3.88. The Hall–Kier alpha value is -2.63. The molecule has 27 heavy (non-hydrogen) atoms. The zero-order valence-corrected chi connectivity index (χ0v) is 15.7. The van der Waals surface area contributed by atoms with Crippen molar-refractivity contribution >= 4 is 5.97 Å². The maximum absolute atomic E-state index is 12.1. The highest BCUT2D eigenvalue weighted by Gasteiger charge is 2.22. The molecule has 2 aromatic rings. The molecule has 3 rings (SSSR count). The lowest BCUT2D eigenvalue weighted by Gasteiger charge is -2.13. The minimum Gasteiger partial charge on any atom is -0.461 e. The van der Waals surface area contributed by atoms with E-state index in [1.54, 1.807) is 4.57 Å². The van der Waals surface area contributed by atoms with E-state index in [0.717, 1.165) is 43.5 Å². The Bertz CT molecular complexity index is 822. The molecule has 0 fully saturated rings. The highest BCUT2D eigenvalue weighted by Crippen LogP contribution is 2.24. The molecule has 1 aromatic carbocycles. The van der Waals surface area contributed by atoms with Gasteiger partial charge in [0, 0.05) is 12.5 Å². The Labute approximate surface area is 158 Å². The first-order chi connectivity index (χ1) is 13.1. The second-order valence-electron chi connectivity index (χ2n) is 7.07. The quantitative estimate of drug-likeness (QED) is 0.547. The molecule has 2 heterocycles. The third kappa shape index (κ3) is 5.18. The van der Waals surface area contributed by atoms with Crippen molar-refractivity contribution in [3.63, 3.8) is 0 Å². The molecule has 1 aromatic heterocycles. The average molecular weight is 370 g/mol. The molecule has 0 bridgehead atoms. The molecule has 0 radical (unpaired) electrons. The van der Waals surface area contributed by atoms with Crippen LogP contribution in [0, 0.1) is 5.92 Å². The molecule has 1 aliphatic heterocycles. The summed E-state index contributed by atoms with van der Waals surface area (Å²) in [7, 11) is 0. The Balaban J connectivity index is 1.47. The number of allylic oxidation sites excluding steroid dienone is 2. The van der Waals surface area contributed by atoms with E-state index in [0.29, 0.717) is 13.0 Å². The van der Waals surface area contributed by atoms with E-state index in [9.17, 15) is 9.59 Å². The Morgan fingerprint density at radius 1 is 1.33 bits per heavy atom. The van der Waals surface area contributed by atoms with Crippen molar-refractivity contribution < 1.29 is 14.1 Å².